The fourth-order valence-corrected chi connectivity index (χ4v) is 3.19. The van der Waals surface area contributed by atoms with Crippen LogP contribution in [0.1, 0.15) is 23.3 Å². The summed E-state index contributed by atoms with van der Waals surface area (Å²) in [5, 5.41) is 12.3. The second-order valence-corrected chi connectivity index (χ2v) is 5.81. The van der Waals surface area contributed by atoms with E-state index >= 15 is 0 Å². The molecule has 1 saturated heterocycles. The summed E-state index contributed by atoms with van der Waals surface area (Å²) in [6.07, 6.45) is 1.22. The number of aromatic nitrogens is 1. The van der Waals surface area contributed by atoms with Gasteiger partial charge >= 0.3 is 0 Å². The van der Waals surface area contributed by atoms with Crippen molar-refractivity contribution in [3.8, 4) is 10.6 Å². The van der Waals surface area contributed by atoms with Crippen molar-refractivity contribution in [1.82, 2.24) is 9.88 Å². The number of carbonyl (C=O) groups excluding carboxylic acids is 1. The highest BCUT2D eigenvalue weighted by Gasteiger charge is 2.24. The van der Waals surface area contributed by atoms with Crippen molar-refractivity contribution in [2.75, 3.05) is 13.1 Å². The monoisotopic (exact) mass is 288 g/mol. The van der Waals surface area contributed by atoms with Crippen molar-refractivity contribution >= 4 is 17.2 Å². The Hall–Kier alpha value is -1.72. The van der Waals surface area contributed by atoms with Gasteiger partial charge in [0.2, 0.25) is 0 Å². The van der Waals surface area contributed by atoms with Crippen LogP contribution in [-0.2, 0) is 0 Å². The predicted octanol–water partition coefficient (Wildman–Crippen LogP) is 2.41. The van der Waals surface area contributed by atoms with Gasteiger partial charge in [0.15, 0.2) is 0 Å². The lowest BCUT2D eigenvalue weighted by Gasteiger charge is -2.29. The number of carbonyl (C=O) groups is 1. The molecule has 1 unspecified atom stereocenters. The van der Waals surface area contributed by atoms with E-state index < -0.39 is 6.10 Å². The lowest BCUT2D eigenvalue weighted by atomic mass is 10.1. The van der Waals surface area contributed by atoms with Crippen LogP contribution in [0.15, 0.2) is 35.7 Å². The third kappa shape index (κ3) is 2.73. The number of rotatable bonds is 2. The molecule has 0 spiro atoms. The van der Waals surface area contributed by atoms with Gasteiger partial charge in [-0.2, -0.15) is 0 Å². The molecule has 0 radical (unpaired) electrons. The summed E-state index contributed by atoms with van der Waals surface area (Å²) in [5.74, 6) is -0.0813. The molecule has 4 nitrogen and oxygen atoms in total. The van der Waals surface area contributed by atoms with Crippen molar-refractivity contribution in [2.45, 2.75) is 18.9 Å². The van der Waals surface area contributed by atoms with Gasteiger partial charge in [-0.3, -0.25) is 4.79 Å². The highest BCUT2D eigenvalue weighted by atomic mass is 32.1. The zero-order chi connectivity index (χ0) is 13.9. The molecule has 104 valence electrons. The fraction of sp³-hybridized carbons (Fsp3) is 0.333. The topological polar surface area (TPSA) is 53.4 Å². The molecule has 20 heavy (non-hydrogen) atoms. The number of likely N-dealkylation sites (tertiary alicyclic amines) is 1. The third-order valence-electron chi connectivity index (χ3n) is 3.43. The van der Waals surface area contributed by atoms with Crippen molar-refractivity contribution in [3.05, 3.63) is 41.4 Å². The Morgan fingerprint density at radius 1 is 1.35 bits per heavy atom. The van der Waals surface area contributed by atoms with E-state index in [1.807, 2.05) is 30.3 Å². The Morgan fingerprint density at radius 2 is 2.15 bits per heavy atom. The number of aliphatic hydroxyl groups excluding tert-OH is 1. The molecule has 0 bridgehead atoms. The highest BCUT2D eigenvalue weighted by molar-refractivity contribution is 7.13. The van der Waals surface area contributed by atoms with Gasteiger partial charge in [0.05, 0.1) is 6.10 Å². The number of piperidine rings is 1. The molecule has 1 atom stereocenters. The SMILES string of the molecule is O=C(c1csc(-c2ccccc2)n1)N1CCCC(O)C1. The summed E-state index contributed by atoms with van der Waals surface area (Å²) in [4.78, 5) is 18.5. The largest absolute Gasteiger partial charge is 0.391 e. The van der Waals surface area contributed by atoms with E-state index in [1.165, 1.54) is 11.3 Å². The maximum absolute atomic E-state index is 12.3. The molecule has 1 aromatic carbocycles. The van der Waals surface area contributed by atoms with E-state index in [0.717, 1.165) is 23.4 Å². The number of β-amino-alcohol motifs (C(OH)–C–C–N with tert-alkyl or cyclic N) is 1. The minimum Gasteiger partial charge on any atom is -0.391 e. The lowest BCUT2D eigenvalue weighted by Crippen LogP contribution is -2.42. The van der Waals surface area contributed by atoms with E-state index in [1.54, 1.807) is 10.3 Å². The van der Waals surface area contributed by atoms with Crippen molar-refractivity contribution in [1.29, 1.82) is 0 Å². The predicted molar refractivity (Wildman–Crippen MR) is 78.7 cm³/mol. The minimum absolute atomic E-state index is 0.0813. The number of benzene rings is 1. The summed E-state index contributed by atoms with van der Waals surface area (Å²) in [6, 6.07) is 9.84. The van der Waals surface area contributed by atoms with Gasteiger partial charge in [-0.25, -0.2) is 4.98 Å². The zero-order valence-corrected chi connectivity index (χ0v) is 11.8. The molecule has 1 N–H and O–H groups in total. The Kier molecular flexibility index (Phi) is 3.80. The first-order valence-corrected chi connectivity index (χ1v) is 7.60. The van der Waals surface area contributed by atoms with E-state index in [-0.39, 0.29) is 5.91 Å². The van der Waals surface area contributed by atoms with E-state index in [4.69, 9.17) is 0 Å². The molecule has 1 amide bonds. The summed E-state index contributed by atoms with van der Waals surface area (Å²) >= 11 is 1.47. The number of hydrogen-bond donors (Lipinski definition) is 1. The summed E-state index contributed by atoms with van der Waals surface area (Å²) in [6.45, 7) is 1.12. The number of hydrogen-bond acceptors (Lipinski definition) is 4. The molecule has 5 heteroatoms. The average Bonchev–Trinajstić information content (AvgIpc) is 2.97. The molecule has 0 aliphatic carbocycles. The van der Waals surface area contributed by atoms with Crippen LogP contribution in [0.2, 0.25) is 0 Å². The van der Waals surface area contributed by atoms with Gasteiger partial charge in [-0.1, -0.05) is 30.3 Å². The normalized spacial score (nSPS) is 19.1. The molecule has 0 saturated carbocycles. The number of amides is 1. The van der Waals surface area contributed by atoms with Crippen LogP contribution < -0.4 is 0 Å². The maximum atomic E-state index is 12.3. The Morgan fingerprint density at radius 3 is 2.90 bits per heavy atom. The average molecular weight is 288 g/mol. The van der Waals surface area contributed by atoms with Crippen LogP contribution in [-0.4, -0.2) is 40.1 Å². The van der Waals surface area contributed by atoms with E-state index in [0.29, 0.717) is 18.8 Å². The first kappa shape index (κ1) is 13.3. The Balaban J connectivity index is 1.78. The smallest absolute Gasteiger partial charge is 0.273 e. The van der Waals surface area contributed by atoms with Crippen molar-refractivity contribution in [2.24, 2.45) is 0 Å². The van der Waals surface area contributed by atoms with Gasteiger partial charge in [-0.15, -0.1) is 11.3 Å². The van der Waals surface area contributed by atoms with Gasteiger partial charge < -0.3 is 10.0 Å². The minimum atomic E-state index is -0.403. The third-order valence-corrected chi connectivity index (χ3v) is 4.32. The summed E-state index contributed by atoms with van der Waals surface area (Å²) < 4.78 is 0. The number of thiazole rings is 1. The molecule has 1 aromatic heterocycles. The van der Waals surface area contributed by atoms with Gasteiger partial charge in [0.25, 0.3) is 5.91 Å². The standard InChI is InChI=1S/C15H16N2O2S/c18-12-7-4-8-17(9-12)15(19)13-10-20-14(16-13)11-5-2-1-3-6-11/h1-3,5-6,10,12,18H,4,7-9H2. The zero-order valence-electron chi connectivity index (χ0n) is 11.0. The molecule has 2 heterocycles. The quantitative estimate of drug-likeness (QED) is 0.923. The van der Waals surface area contributed by atoms with Gasteiger partial charge in [0.1, 0.15) is 10.7 Å². The van der Waals surface area contributed by atoms with E-state index in [2.05, 4.69) is 4.98 Å². The first-order valence-electron chi connectivity index (χ1n) is 6.72. The van der Waals surface area contributed by atoms with Crippen molar-refractivity contribution in [3.63, 3.8) is 0 Å². The van der Waals surface area contributed by atoms with Crippen molar-refractivity contribution < 1.29 is 9.90 Å². The lowest BCUT2D eigenvalue weighted by molar-refractivity contribution is 0.0469. The summed E-state index contributed by atoms with van der Waals surface area (Å²) in [7, 11) is 0. The van der Waals surface area contributed by atoms with Crippen LogP contribution >= 0.6 is 11.3 Å². The second-order valence-electron chi connectivity index (χ2n) is 4.95. The number of nitrogens with zero attached hydrogens (tertiary/aromatic N) is 2. The van der Waals surface area contributed by atoms with Crippen LogP contribution in [0.5, 0.6) is 0 Å². The molecular weight excluding hydrogens is 272 g/mol. The summed E-state index contributed by atoms with van der Waals surface area (Å²) in [5.41, 5.74) is 1.50. The molecule has 1 aliphatic heterocycles. The van der Waals surface area contributed by atoms with Crippen LogP contribution in [0.3, 0.4) is 0 Å². The molecular formula is C15H16N2O2S. The second kappa shape index (κ2) is 5.73. The van der Waals surface area contributed by atoms with E-state index in [9.17, 15) is 9.90 Å². The molecule has 2 aromatic rings. The molecule has 3 rings (SSSR count). The Bertz CT molecular complexity index is 597. The first-order chi connectivity index (χ1) is 9.74. The maximum Gasteiger partial charge on any atom is 0.273 e. The highest BCUT2D eigenvalue weighted by Crippen LogP contribution is 2.24. The van der Waals surface area contributed by atoms with Gasteiger partial charge in [-0.05, 0) is 12.8 Å². The van der Waals surface area contributed by atoms with Gasteiger partial charge in [0, 0.05) is 24.0 Å². The Labute approximate surface area is 121 Å². The number of aliphatic hydroxyl groups is 1. The van der Waals surface area contributed by atoms with Crippen LogP contribution in [0.4, 0.5) is 0 Å². The molecule has 1 aliphatic rings. The fourth-order valence-electron chi connectivity index (χ4n) is 2.39. The van der Waals surface area contributed by atoms with Crippen LogP contribution in [0.25, 0.3) is 10.6 Å². The molecule has 1 fully saturated rings. The van der Waals surface area contributed by atoms with Crippen LogP contribution in [0, 0.1) is 0 Å².